The molecule has 2 atom stereocenters. The van der Waals surface area contributed by atoms with Crippen molar-refractivity contribution in [2.24, 2.45) is 11.7 Å². The van der Waals surface area contributed by atoms with Crippen LogP contribution in [0.15, 0.2) is 0 Å². The van der Waals surface area contributed by atoms with Gasteiger partial charge in [0.1, 0.15) is 0 Å². The Hall–Kier alpha value is -0.610. The molecule has 0 radical (unpaired) electrons. The molecule has 1 saturated heterocycles. The number of hydrogen-bond acceptors (Lipinski definition) is 3. The Kier molecular flexibility index (Phi) is 5.22. The summed E-state index contributed by atoms with van der Waals surface area (Å²) < 4.78 is 5.15. The minimum absolute atomic E-state index is 0.138. The maximum atomic E-state index is 12.1. The third-order valence-electron chi connectivity index (χ3n) is 3.39. The number of nitrogens with two attached hydrogens (primary N) is 1. The van der Waals surface area contributed by atoms with Crippen LogP contribution in [0.1, 0.15) is 33.1 Å². The summed E-state index contributed by atoms with van der Waals surface area (Å²) in [7, 11) is 1.61. The van der Waals surface area contributed by atoms with E-state index in [9.17, 15) is 4.79 Å². The Morgan fingerprint density at radius 1 is 1.56 bits per heavy atom. The molecule has 1 aliphatic rings. The molecule has 4 nitrogen and oxygen atoms in total. The van der Waals surface area contributed by atoms with Gasteiger partial charge in [0, 0.05) is 26.2 Å². The standard InChI is InChI=1S/C12H24N2O2/c1-9(2)11-5-4-6-14(11)12(15)7-10(8-13)16-3/h9-11H,4-8,13H2,1-3H3. The highest BCUT2D eigenvalue weighted by atomic mass is 16.5. The van der Waals surface area contributed by atoms with Crippen molar-refractivity contribution < 1.29 is 9.53 Å². The van der Waals surface area contributed by atoms with Gasteiger partial charge in [0.15, 0.2) is 0 Å². The first-order chi connectivity index (χ1) is 7.60. The van der Waals surface area contributed by atoms with E-state index in [1.165, 1.54) is 0 Å². The third-order valence-corrected chi connectivity index (χ3v) is 3.39. The number of methoxy groups -OCH3 is 1. The second-order valence-electron chi connectivity index (χ2n) is 4.84. The van der Waals surface area contributed by atoms with E-state index in [4.69, 9.17) is 10.5 Å². The van der Waals surface area contributed by atoms with E-state index >= 15 is 0 Å². The molecule has 4 heteroatoms. The molecule has 0 aromatic heterocycles. The molecule has 1 rings (SSSR count). The number of carbonyl (C=O) groups excluding carboxylic acids is 1. The van der Waals surface area contributed by atoms with Gasteiger partial charge in [0.2, 0.25) is 5.91 Å². The molecule has 94 valence electrons. The highest BCUT2D eigenvalue weighted by molar-refractivity contribution is 5.77. The Morgan fingerprint density at radius 3 is 2.75 bits per heavy atom. The van der Waals surface area contributed by atoms with Crippen LogP contribution in [0, 0.1) is 5.92 Å². The first-order valence-electron chi connectivity index (χ1n) is 6.12. The predicted octanol–water partition coefficient (Wildman–Crippen LogP) is 0.997. The predicted molar refractivity (Wildman–Crippen MR) is 64.0 cm³/mol. The molecule has 2 N–H and O–H groups in total. The first kappa shape index (κ1) is 13.5. The third kappa shape index (κ3) is 3.19. The van der Waals surface area contributed by atoms with Crippen LogP contribution in [0.3, 0.4) is 0 Å². The van der Waals surface area contributed by atoms with Crippen LogP contribution in [-0.2, 0) is 9.53 Å². The largest absolute Gasteiger partial charge is 0.380 e. The van der Waals surface area contributed by atoms with Crippen LogP contribution in [0.5, 0.6) is 0 Å². The summed E-state index contributed by atoms with van der Waals surface area (Å²) >= 11 is 0. The molecule has 2 unspecified atom stereocenters. The average Bonchev–Trinajstić information content (AvgIpc) is 2.74. The van der Waals surface area contributed by atoms with E-state index in [2.05, 4.69) is 13.8 Å². The van der Waals surface area contributed by atoms with Crippen molar-refractivity contribution in [3.8, 4) is 0 Å². The average molecular weight is 228 g/mol. The Bertz CT molecular complexity index is 227. The number of likely N-dealkylation sites (tertiary alicyclic amines) is 1. The number of nitrogens with zero attached hydrogens (tertiary/aromatic N) is 1. The first-order valence-corrected chi connectivity index (χ1v) is 6.12. The summed E-state index contributed by atoms with van der Waals surface area (Å²) in [6, 6.07) is 0.405. The quantitative estimate of drug-likeness (QED) is 0.763. The zero-order valence-corrected chi connectivity index (χ0v) is 10.6. The van der Waals surface area contributed by atoms with Crippen molar-refractivity contribution in [3.05, 3.63) is 0 Å². The topological polar surface area (TPSA) is 55.6 Å². The van der Waals surface area contributed by atoms with Crippen LogP contribution in [0.25, 0.3) is 0 Å². The van der Waals surface area contributed by atoms with Gasteiger partial charge in [-0.3, -0.25) is 4.79 Å². The van der Waals surface area contributed by atoms with Crippen molar-refractivity contribution in [2.45, 2.75) is 45.3 Å². The van der Waals surface area contributed by atoms with Crippen LogP contribution >= 0.6 is 0 Å². The summed E-state index contributed by atoms with van der Waals surface area (Å²) in [6.07, 6.45) is 2.52. The van der Waals surface area contributed by atoms with Gasteiger partial charge in [-0.15, -0.1) is 0 Å². The summed E-state index contributed by atoms with van der Waals surface area (Å²) in [5, 5.41) is 0. The fourth-order valence-corrected chi connectivity index (χ4v) is 2.37. The van der Waals surface area contributed by atoms with E-state index in [1.807, 2.05) is 4.90 Å². The summed E-state index contributed by atoms with van der Waals surface area (Å²) in [4.78, 5) is 14.1. The van der Waals surface area contributed by atoms with Gasteiger partial charge in [-0.2, -0.15) is 0 Å². The lowest BCUT2D eigenvalue weighted by atomic mass is 10.0. The van der Waals surface area contributed by atoms with Crippen molar-refractivity contribution in [2.75, 3.05) is 20.2 Å². The SMILES string of the molecule is COC(CN)CC(=O)N1CCCC1C(C)C. The molecule has 1 fully saturated rings. The molecule has 16 heavy (non-hydrogen) atoms. The second-order valence-corrected chi connectivity index (χ2v) is 4.84. The van der Waals surface area contributed by atoms with E-state index in [0.717, 1.165) is 19.4 Å². The lowest BCUT2D eigenvalue weighted by Gasteiger charge is -2.28. The lowest BCUT2D eigenvalue weighted by Crippen LogP contribution is -2.41. The van der Waals surface area contributed by atoms with Crippen LogP contribution in [0.2, 0.25) is 0 Å². The Labute approximate surface area is 98.1 Å². The molecule has 1 heterocycles. The molecule has 0 saturated carbocycles. The van der Waals surface area contributed by atoms with Gasteiger partial charge in [0.05, 0.1) is 12.5 Å². The van der Waals surface area contributed by atoms with Crippen LogP contribution in [-0.4, -0.2) is 43.2 Å². The molecule has 0 bridgehead atoms. The Morgan fingerprint density at radius 2 is 2.25 bits per heavy atom. The molecule has 0 aromatic rings. The molecule has 0 spiro atoms. The Balaban J connectivity index is 2.52. The molecule has 1 aliphatic heterocycles. The number of ether oxygens (including phenoxy) is 1. The van der Waals surface area contributed by atoms with Crippen molar-refractivity contribution >= 4 is 5.91 Å². The zero-order valence-electron chi connectivity index (χ0n) is 10.6. The van der Waals surface area contributed by atoms with E-state index in [0.29, 0.717) is 24.9 Å². The number of carbonyl (C=O) groups is 1. The molecular weight excluding hydrogens is 204 g/mol. The highest BCUT2D eigenvalue weighted by Crippen LogP contribution is 2.24. The summed E-state index contributed by atoms with van der Waals surface area (Å²) in [6.45, 7) is 5.64. The van der Waals surface area contributed by atoms with E-state index < -0.39 is 0 Å². The van der Waals surface area contributed by atoms with Crippen LogP contribution in [0.4, 0.5) is 0 Å². The van der Waals surface area contributed by atoms with Gasteiger partial charge >= 0.3 is 0 Å². The van der Waals surface area contributed by atoms with Gasteiger partial charge in [-0.1, -0.05) is 13.8 Å². The van der Waals surface area contributed by atoms with Gasteiger partial charge in [-0.25, -0.2) is 0 Å². The van der Waals surface area contributed by atoms with E-state index in [1.54, 1.807) is 7.11 Å². The smallest absolute Gasteiger partial charge is 0.225 e. The molecule has 0 aromatic carbocycles. The minimum Gasteiger partial charge on any atom is -0.380 e. The zero-order chi connectivity index (χ0) is 12.1. The monoisotopic (exact) mass is 228 g/mol. The normalized spacial score (nSPS) is 22.8. The maximum Gasteiger partial charge on any atom is 0.225 e. The van der Waals surface area contributed by atoms with Crippen molar-refractivity contribution in [1.29, 1.82) is 0 Å². The summed E-state index contributed by atoms with van der Waals surface area (Å²) in [5.41, 5.74) is 5.53. The van der Waals surface area contributed by atoms with E-state index in [-0.39, 0.29) is 12.0 Å². The molecule has 0 aliphatic carbocycles. The highest BCUT2D eigenvalue weighted by Gasteiger charge is 2.31. The fraction of sp³-hybridized carbons (Fsp3) is 0.917. The number of amides is 1. The number of rotatable bonds is 5. The fourth-order valence-electron chi connectivity index (χ4n) is 2.37. The van der Waals surface area contributed by atoms with Crippen molar-refractivity contribution in [1.82, 2.24) is 4.90 Å². The van der Waals surface area contributed by atoms with Gasteiger partial charge in [0.25, 0.3) is 0 Å². The van der Waals surface area contributed by atoms with Gasteiger partial charge in [-0.05, 0) is 18.8 Å². The summed E-state index contributed by atoms with van der Waals surface area (Å²) in [5.74, 6) is 0.721. The minimum atomic E-state index is -0.138. The molecular formula is C12H24N2O2. The maximum absolute atomic E-state index is 12.1. The van der Waals surface area contributed by atoms with Gasteiger partial charge < -0.3 is 15.4 Å². The van der Waals surface area contributed by atoms with Crippen molar-refractivity contribution in [3.63, 3.8) is 0 Å². The second kappa shape index (κ2) is 6.21. The lowest BCUT2D eigenvalue weighted by molar-refractivity contribution is -0.135. The molecule has 1 amide bonds. The van der Waals surface area contributed by atoms with Crippen LogP contribution < -0.4 is 5.73 Å². The number of hydrogen-bond donors (Lipinski definition) is 1.